The molecule has 0 aromatic carbocycles. The summed E-state index contributed by atoms with van der Waals surface area (Å²) in [6.45, 7) is 8.91. The van der Waals surface area contributed by atoms with Gasteiger partial charge in [0.2, 0.25) is 0 Å². The molecule has 0 spiro atoms. The zero-order valence-corrected chi connectivity index (χ0v) is 13.1. The standard InChI is InChI=1S/C15H21N3OS/c1-4-16-14-12-9(2)10(3)20-15(12)18-13(17-14)11-6-5-7-19-8-11/h11H,4-8H2,1-3H3,(H,16,17,18). The van der Waals surface area contributed by atoms with Crippen LogP contribution in [0.5, 0.6) is 0 Å². The molecule has 1 fully saturated rings. The van der Waals surface area contributed by atoms with Crippen molar-refractivity contribution in [1.82, 2.24) is 9.97 Å². The van der Waals surface area contributed by atoms with Crippen molar-refractivity contribution in [2.24, 2.45) is 0 Å². The van der Waals surface area contributed by atoms with Gasteiger partial charge in [-0.25, -0.2) is 9.97 Å². The molecule has 2 aromatic heterocycles. The highest BCUT2D eigenvalue weighted by atomic mass is 32.1. The molecule has 1 aliphatic heterocycles. The fourth-order valence-corrected chi connectivity index (χ4v) is 3.72. The van der Waals surface area contributed by atoms with Crippen LogP contribution < -0.4 is 5.32 Å². The predicted octanol–water partition coefficient (Wildman–Crippen LogP) is 3.63. The first kappa shape index (κ1) is 13.8. The summed E-state index contributed by atoms with van der Waals surface area (Å²) in [6, 6.07) is 0. The molecule has 1 aliphatic rings. The minimum absolute atomic E-state index is 0.341. The zero-order valence-electron chi connectivity index (χ0n) is 12.3. The number of thiophene rings is 1. The van der Waals surface area contributed by atoms with E-state index in [1.54, 1.807) is 11.3 Å². The van der Waals surface area contributed by atoms with E-state index in [-0.39, 0.29) is 0 Å². The van der Waals surface area contributed by atoms with E-state index in [0.29, 0.717) is 5.92 Å². The number of anilines is 1. The van der Waals surface area contributed by atoms with Crippen LogP contribution in [0.25, 0.3) is 10.2 Å². The lowest BCUT2D eigenvalue weighted by Crippen LogP contribution is -2.18. The molecule has 0 amide bonds. The number of nitrogens with zero attached hydrogens (tertiary/aromatic N) is 2. The summed E-state index contributed by atoms with van der Waals surface area (Å²) >= 11 is 1.77. The largest absolute Gasteiger partial charge is 0.381 e. The summed E-state index contributed by atoms with van der Waals surface area (Å²) in [6.07, 6.45) is 2.23. The topological polar surface area (TPSA) is 47.0 Å². The molecule has 4 nitrogen and oxygen atoms in total. The third-order valence-electron chi connectivity index (χ3n) is 3.92. The van der Waals surface area contributed by atoms with E-state index in [0.717, 1.165) is 49.1 Å². The Balaban J connectivity index is 2.10. The molecule has 108 valence electrons. The number of nitrogens with one attached hydrogen (secondary N) is 1. The van der Waals surface area contributed by atoms with Crippen LogP contribution in [0, 0.1) is 13.8 Å². The number of fused-ring (bicyclic) bond motifs is 1. The van der Waals surface area contributed by atoms with Gasteiger partial charge in [-0.05, 0) is 39.2 Å². The molecule has 0 aliphatic carbocycles. The lowest BCUT2D eigenvalue weighted by Gasteiger charge is -2.21. The van der Waals surface area contributed by atoms with Gasteiger partial charge in [0.15, 0.2) is 0 Å². The predicted molar refractivity (Wildman–Crippen MR) is 83.8 cm³/mol. The molecule has 1 atom stereocenters. The third-order valence-corrected chi connectivity index (χ3v) is 5.02. The van der Waals surface area contributed by atoms with E-state index in [4.69, 9.17) is 14.7 Å². The molecule has 20 heavy (non-hydrogen) atoms. The van der Waals surface area contributed by atoms with Crippen LogP contribution in [0.15, 0.2) is 0 Å². The number of rotatable bonds is 3. The van der Waals surface area contributed by atoms with Gasteiger partial charge in [0, 0.05) is 23.9 Å². The molecule has 5 heteroatoms. The summed E-state index contributed by atoms with van der Waals surface area (Å²) in [5.74, 6) is 2.27. The van der Waals surface area contributed by atoms with Crippen LogP contribution in [-0.4, -0.2) is 29.7 Å². The molecule has 1 unspecified atom stereocenters. The summed E-state index contributed by atoms with van der Waals surface area (Å²) in [5.41, 5.74) is 1.30. The Hall–Kier alpha value is -1.20. The maximum atomic E-state index is 5.58. The maximum absolute atomic E-state index is 5.58. The number of ether oxygens (including phenoxy) is 1. The van der Waals surface area contributed by atoms with Gasteiger partial charge in [0.1, 0.15) is 16.5 Å². The molecule has 0 saturated carbocycles. The van der Waals surface area contributed by atoms with Crippen molar-refractivity contribution in [2.45, 2.75) is 39.5 Å². The first-order valence-corrected chi connectivity index (χ1v) is 8.11. The normalized spacial score (nSPS) is 19.4. The molecule has 1 saturated heterocycles. The van der Waals surface area contributed by atoms with Crippen molar-refractivity contribution >= 4 is 27.4 Å². The van der Waals surface area contributed by atoms with Gasteiger partial charge in [-0.15, -0.1) is 11.3 Å². The minimum atomic E-state index is 0.341. The molecular weight excluding hydrogens is 270 g/mol. The highest BCUT2D eigenvalue weighted by molar-refractivity contribution is 7.18. The Morgan fingerprint density at radius 3 is 2.90 bits per heavy atom. The number of aromatic nitrogens is 2. The summed E-state index contributed by atoms with van der Waals surface area (Å²) in [5, 5.41) is 4.59. The molecule has 0 bridgehead atoms. The van der Waals surface area contributed by atoms with Crippen molar-refractivity contribution < 1.29 is 4.74 Å². The van der Waals surface area contributed by atoms with Crippen molar-refractivity contribution in [1.29, 1.82) is 0 Å². The Labute approximate surface area is 123 Å². The van der Waals surface area contributed by atoms with Crippen molar-refractivity contribution in [2.75, 3.05) is 25.1 Å². The Morgan fingerprint density at radius 2 is 2.20 bits per heavy atom. The average molecular weight is 291 g/mol. The van der Waals surface area contributed by atoms with E-state index in [1.807, 2.05) is 0 Å². The van der Waals surface area contributed by atoms with E-state index in [1.165, 1.54) is 15.8 Å². The third kappa shape index (κ3) is 2.40. The van der Waals surface area contributed by atoms with E-state index in [9.17, 15) is 0 Å². The molecular formula is C15H21N3OS. The molecule has 3 rings (SSSR count). The van der Waals surface area contributed by atoms with Gasteiger partial charge < -0.3 is 10.1 Å². The lowest BCUT2D eigenvalue weighted by molar-refractivity contribution is 0.0782. The van der Waals surface area contributed by atoms with Crippen LogP contribution in [0.1, 0.15) is 41.9 Å². The fraction of sp³-hybridized carbons (Fsp3) is 0.600. The van der Waals surface area contributed by atoms with E-state index in [2.05, 4.69) is 26.1 Å². The number of hydrogen-bond donors (Lipinski definition) is 1. The number of hydrogen-bond acceptors (Lipinski definition) is 5. The quantitative estimate of drug-likeness (QED) is 0.938. The maximum Gasteiger partial charge on any atom is 0.138 e. The number of aryl methyl sites for hydroxylation is 2. The zero-order chi connectivity index (χ0) is 14.1. The van der Waals surface area contributed by atoms with Gasteiger partial charge >= 0.3 is 0 Å². The Morgan fingerprint density at radius 1 is 1.35 bits per heavy atom. The van der Waals surface area contributed by atoms with E-state index < -0.39 is 0 Å². The van der Waals surface area contributed by atoms with Crippen molar-refractivity contribution in [3.05, 3.63) is 16.3 Å². The second kappa shape index (κ2) is 5.66. The first-order valence-electron chi connectivity index (χ1n) is 7.30. The Kier molecular flexibility index (Phi) is 3.89. The van der Waals surface area contributed by atoms with Crippen LogP contribution >= 0.6 is 11.3 Å². The first-order chi connectivity index (χ1) is 9.70. The minimum Gasteiger partial charge on any atom is -0.381 e. The van der Waals surface area contributed by atoms with Crippen LogP contribution in [0.3, 0.4) is 0 Å². The molecule has 0 radical (unpaired) electrons. The lowest BCUT2D eigenvalue weighted by atomic mass is 10.0. The van der Waals surface area contributed by atoms with Crippen LogP contribution in [0.4, 0.5) is 5.82 Å². The molecule has 3 heterocycles. The van der Waals surface area contributed by atoms with E-state index >= 15 is 0 Å². The highest BCUT2D eigenvalue weighted by Gasteiger charge is 2.22. The van der Waals surface area contributed by atoms with Crippen molar-refractivity contribution in [3.8, 4) is 0 Å². The highest BCUT2D eigenvalue weighted by Crippen LogP contribution is 2.35. The second-order valence-electron chi connectivity index (χ2n) is 5.34. The van der Waals surface area contributed by atoms with Gasteiger partial charge in [-0.1, -0.05) is 0 Å². The Bertz CT molecular complexity index is 617. The van der Waals surface area contributed by atoms with Crippen LogP contribution in [0.2, 0.25) is 0 Å². The van der Waals surface area contributed by atoms with Gasteiger partial charge in [0.25, 0.3) is 0 Å². The van der Waals surface area contributed by atoms with Gasteiger partial charge in [-0.3, -0.25) is 0 Å². The molecule has 1 N–H and O–H groups in total. The van der Waals surface area contributed by atoms with Crippen molar-refractivity contribution in [3.63, 3.8) is 0 Å². The second-order valence-corrected chi connectivity index (χ2v) is 6.54. The summed E-state index contributed by atoms with van der Waals surface area (Å²) in [7, 11) is 0. The monoisotopic (exact) mass is 291 g/mol. The smallest absolute Gasteiger partial charge is 0.138 e. The average Bonchev–Trinajstić information content (AvgIpc) is 2.75. The van der Waals surface area contributed by atoms with Crippen LogP contribution in [-0.2, 0) is 4.74 Å². The van der Waals surface area contributed by atoms with Gasteiger partial charge in [-0.2, -0.15) is 0 Å². The molecule has 2 aromatic rings. The van der Waals surface area contributed by atoms with Gasteiger partial charge in [0.05, 0.1) is 12.0 Å². The fourth-order valence-electron chi connectivity index (χ4n) is 2.69. The summed E-state index contributed by atoms with van der Waals surface area (Å²) < 4.78 is 5.58. The summed E-state index contributed by atoms with van der Waals surface area (Å²) in [4.78, 5) is 12.0. The SMILES string of the molecule is CCNc1nc(C2CCCOC2)nc2sc(C)c(C)c12.